The maximum absolute atomic E-state index is 13.0. The molecule has 1 aromatic rings. The zero-order valence-corrected chi connectivity index (χ0v) is 11.1. The van der Waals surface area contributed by atoms with Gasteiger partial charge in [-0.3, -0.25) is 0 Å². The third-order valence-corrected chi connectivity index (χ3v) is 3.71. The average molecular weight is 259 g/mol. The monoisotopic (exact) mass is 259 g/mol. The van der Waals surface area contributed by atoms with Crippen molar-refractivity contribution in [3.05, 3.63) is 35.1 Å². The molecule has 0 saturated heterocycles. The third kappa shape index (κ3) is 4.44. The molecule has 0 bridgehead atoms. The van der Waals surface area contributed by atoms with Crippen molar-refractivity contribution in [2.24, 2.45) is 0 Å². The molecule has 1 unspecified atom stereocenters. The van der Waals surface area contributed by atoms with Crippen LogP contribution in [0.15, 0.2) is 18.2 Å². The van der Waals surface area contributed by atoms with Crippen LogP contribution in [0.1, 0.15) is 23.6 Å². The molecule has 0 heterocycles. The first-order valence-corrected chi connectivity index (χ1v) is 7.50. The number of hydrogen-bond acceptors (Lipinski definition) is 3. The van der Waals surface area contributed by atoms with Gasteiger partial charge in [0.25, 0.3) is 0 Å². The molecule has 17 heavy (non-hydrogen) atoms. The molecule has 1 N–H and O–H groups in total. The van der Waals surface area contributed by atoms with Crippen molar-refractivity contribution < 1.29 is 12.8 Å². The SMILES string of the molecule is CNC(CCS(C)(=O)=O)c1ccc(F)cc1C. The summed E-state index contributed by atoms with van der Waals surface area (Å²) in [4.78, 5) is 0. The molecular formula is C12H18FNO2S. The van der Waals surface area contributed by atoms with Crippen LogP contribution in [0.5, 0.6) is 0 Å². The summed E-state index contributed by atoms with van der Waals surface area (Å²) >= 11 is 0. The smallest absolute Gasteiger partial charge is 0.147 e. The van der Waals surface area contributed by atoms with E-state index < -0.39 is 9.84 Å². The Morgan fingerprint density at radius 3 is 2.53 bits per heavy atom. The highest BCUT2D eigenvalue weighted by atomic mass is 32.2. The van der Waals surface area contributed by atoms with Crippen LogP contribution in [-0.2, 0) is 9.84 Å². The van der Waals surface area contributed by atoms with Gasteiger partial charge in [-0.05, 0) is 43.7 Å². The molecule has 0 radical (unpaired) electrons. The second kappa shape index (κ2) is 5.60. The number of rotatable bonds is 5. The van der Waals surface area contributed by atoms with E-state index >= 15 is 0 Å². The van der Waals surface area contributed by atoms with Crippen molar-refractivity contribution in [1.29, 1.82) is 0 Å². The Bertz CT molecular complexity index is 485. The van der Waals surface area contributed by atoms with Crippen LogP contribution in [0, 0.1) is 12.7 Å². The van der Waals surface area contributed by atoms with E-state index in [2.05, 4.69) is 5.32 Å². The Balaban J connectivity index is 2.86. The quantitative estimate of drug-likeness (QED) is 0.877. The predicted molar refractivity (Wildman–Crippen MR) is 67.3 cm³/mol. The zero-order chi connectivity index (χ0) is 13.1. The highest BCUT2D eigenvalue weighted by molar-refractivity contribution is 7.90. The lowest BCUT2D eigenvalue weighted by molar-refractivity contribution is 0.554. The minimum atomic E-state index is -2.97. The van der Waals surface area contributed by atoms with E-state index in [1.807, 2.05) is 6.92 Å². The van der Waals surface area contributed by atoms with Gasteiger partial charge in [-0.2, -0.15) is 0 Å². The van der Waals surface area contributed by atoms with Gasteiger partial charge in [-0.15, -0.1) is 0 Å². The van der Waals surface area contributed by atoms with Crippen molar-refractivity contribution in [2.75, 3.05) is 19.1 Å². The van der Waals surface area contributed by atoms with Crippen LogP contribution < -0.4 is 5.32 Å². The van der Waals surface area contributed by atoms with E-state index in [0.717, 1.165) is 11.1 Å². The van der Waals surface area contributed by atoms with E-state index in [-0.39, 0.29) is 17.6 Å². The molecule has 1 aromatic carbocycles. The number of sulfone groups is 1. The van der Waals surface area contributed by atoms with E-state index in [1.165, 1.54) is 18.4 Å². The molecule has 0 amide bonds. The lowest BCUT2D eigenvalue weighted by Gasteiger charge is -2.18. The van der Waals surface area contributed by atoms with Gasteiger partial charge < -0.3 is 5.32 Å². The van der Waals surface area contributed by atoms with E-state index in [9.17, 15) is 12.8 Å². The summed E-state index contributed by atoms with van der Waals surface area (Å²) in [5, 5.41) is 3.06. The Morgan fingerprint density at radius 2 is 2.06 bits per heavy atom. The molecule has 0 aliphatic rings. The summed E-state index contributed by atoms with van der Waals surface area (Å²) in [6.45, 7) is 1.82. The highest BCUT2D eigenvalue weighted by Gasteiger charge is 2.14. The largest absolute Gasteiger partial charge is 0.313 e. The second-order valence-corrected chi connectivity index (χ2v) is 6.52. The predicted octanol–water partition coefficient (Wildman–Crippen LogP) is 1.83. The van der Waals surface area contributed by atoms with Gasteiger partial charge in [0.2, 0.25) is 0 Å². The minimum Gasteiger partial charge on any atom is -0.313 e. The topological polar surface area (TPSA) is 46.2 Å². The fourth-order valence-electron chi connectivity index (χ4n) is 1.82. The number of nitrogens with one attached hydrogen (secondary N) is 1. The van der Waals surface area contributed by atoms with Gasteiger partial charge in [-0.25, -0.2) is 12.8 Å². The average Bonchev–Trinajstić information content (AvgIpc) is 2.19. The van der Waals surface area contributed by atoms with Gasteiger partial charge in [0.05, 0.1) is 5.75 Å². The standard InChI is InChI=1S/C12H18FNO2S/c1-9-8-10(13)4-5-11(9)12(14-2)6-7-17(3,15)16/h4-5,8,12,14H,6-7H2,1-3H3. The van der Waals surface area contributed by atoms with Gasteiger partial charge in [0.1, 0.15) is 15.7 Å². The fraction of sp³-hybridized carbons (Fsp3) is 0.500. The summed E-state index contributed by atoms with van der Waals surface area (Å²) in [5.74, 6) is -0.154. The lowest BCUT2D eigenvalue weighted by Crippen LogP contribution is -2.20. The first-order chi connectivity index (χ1) is 7.83. The zero-order valence-electron chi connectivity index (χ0n) is 10.3. The van der Waals surface area contributed by atoms with Gasteiger partial charge in [0.15, 0.2) is 0 Å². The van der Waals surface area contributed by atoms with Crippen molar-refractivity contribution in [2.45, 2.75) is 19.4 Å². The van der Waals surface area contributed by atoms with Gasteiger partial charge in [-0.1, -0.05) is 6.07 Å². The summed E-state index contributed by atoms with van der Waals surface area (Å²) < 4.78 is 35.2. The van der Waals surface area contributed by atoms with Crippen molar-refractivity contribution >= 4 is 9.84 Å². The van der Waals surface area contributed by atoms with Crippen molar-refractivity contribution in [3.8, 4) is 0 Å². The van der Waals surface area contributed by atoms with Crippen molar-refractivity contribution in [1.82, 2.24) is 5.32 Å². The Kier molecular flexibility index (Phi) is 4.65. The molecule has 0 fully saturated rings. The van der Waals surface area contributed by atoms with E-state index in [1.54, 1.807) is 13.1 Å². The summed E-state index contributed by atoms with van der Waals surface area (Å²) in [6, 6.07) is 4.49. The summed E-state index contributed by atoms with van der Waals surface area (Å²) in [7, 11) is -1.20. The maximum atomic E-state index is 13.0. The minimum absolute atomic E-state index is 0.0645. The first-order valence-electron chi connectivity index (χ1n) is 5.44. The van der Waals surface area contributed by atoms with Crippen LogP contribution in [0.25, 0.3) is 0 Å². The van der Waals surface area contributed by atoms with Crippen molar-refractivity contribution in [3.63, 3.8) is 0 Å². The molecule has 0 aliphatic carbocycles. The summed E-state index contributed by atoms with van der Waals surface area (Å²) in [5.41, 5.74) is 1.77. The molecule has 1 rings (SSSR count). The Morgan fingerprint density at radius 1 is 1.41 bits per heavy atom. The van der Waals surface area contributed by atoms with Crippen LogP contribution >= 0.6 is 0 Å². The first kappa shape index (κ1) is 14.1. The molecule has 0 aromatic heterocycles. The Hall–Kier alpha value is -0.940. The highest BCUT2D eigenvalue weighted by Crippen LogP contribution is 2.21. The number of hydrogen-bond donors (Lipinski definition) is 1. The molecule has 1 atom stereocenters. The number of aryl methyl sites for hydroxylation is 1. The van der Waals surface area contributed by atoms with E-state index in [4.69, 9.17) is 0 Å². The molecule has 5 heteroatoms. The molecule has 0 aliphatic heterocycles. The lowest BCUT2D eigenvalue weighted by atomic mass is 9.99. The van der Waals surface area contributed by atoms with Crippen LogP contribution in [-0.4, -0.2) is 27.5 Å². The number of benzene rings is 1. The summed E-state index contributed by atoms with van der Waals surface area (Å²) in [6.07, 6.45) is 1.71. The van der Waals surface area contributed by atoms with E-state index in [0.29, 0.717) is 6.42 Å². The Labute approximate surface area is 102 Å². The van der Waals surface area contributed by atoms with Crippen LogP contribution in [0.2, 0.25) is 0 Å². The molecule has 0 spiro atoms. The third-order valence-electron chi connectivity index (χ3n) is 2.73. The van der Waals surface area contributed by atoms with Crippen LogP contribution in [0.4, 0.5) is 4.39 Å². The number of halogens is 1. The van der Waals surface area contributed by atoms with Gasteiger partial charge >= 0.3 is 0 Å². The normalized spacial score (nSPS) is 13.6. The second-order valence-electron chi connectivity index (χ2n) is 4.26. The molecule has 0 saturated carbocycles. The fourth-order valence-corrected chi connectivity index (χ4v) is 2.48. The maximum Gasteiger partial charge on any atom is 0.147 e. The molecule has 3 nitrogen and oxygen atoms in total. The van der Waals surface area contributed by atoms with Crippen LogP contribution in [0.3, 0.4) is 0 Å². The molecule has 96 valence electrons. The van der Waals surface area contributed by atoms with Gasteiger partial charge in [0, 0.05) is 12.3 Å². The molecular weight excluding hydrogens is 241 g/mol.